The zero-order valence-corrected chi connectivity index (χ0v) is 48.6. The average Bonchev–Trinajstić information content (AvgIpc) is 3.87. The molecular weight excluding hydrogens is 1140 g/mol. The number of halogens is 4. The zero-order chi connectivity index (χ0) is 57.1. The minimum atomic E-state index is -6.01. The van der Waals surface area contributed by atoms with Crippen molar-refractivity contribution >= 4 is 76.6 Å². The second kappa shape index (κ2) is 24.9. The molecule has 0 unspecified atom stereocenters. The van der Waals surface area contributed by atoms with Gasteiger partial charge in [-0.05, 0) is 136 Å². The third-order valence-electron chi connectivity index (χ3n) is 14.8. The van der Waals surface area contributed by atoms with Crippen LogP contribution in [0.25, 0.3) is 22.4 Å². The number of nitrogens with one attached hydrogen (secondary N) is 1. The van der Waals surface area contributed by atoms with E-state index in [-0.39, 0.29) is 30.2 Å². The highest BCUT2D eigenvalue weighted by molar-refractivity contribution is 7.99. The Bertz CT molecular complexity index is 3320. The van der Waals surface area contributed by atoms with Crippen molar-refractivity contribution in [3.05, 3.63) is 138 Å². The maximum absolute atomic E-state index is 15.2. The molecule has 4 heterocycles. The quantitative estimate of drug-likeness (QED) is 0.0291. The summed E-state index contributed by atoms with van der Waals surface area (Å²) in [7, 11) is -14.9. The largest absolute Gasteiger partial charge is 0.501 e. The van der Waals surface area contributed by atoms with E-state index >= 15 is 4.57 Å². The normalized spacial score (nSPS) is 18.6. The number of anilines is 4. The summed E-state index contributed by atoms with van der Waals surface area (Å²) in [5, 5.41) is 25.1. The van der Waals surface area contributed by atoms with Gasteiger partial charge in [0.05, 0.1) is 29.4 Å². The van der Waals surface area contributed by atoms with Gasteiger partial charge in [0, 0.05) is 114 Å². The van der Waals surface area contributed by atoms with Gasteiger partial charge in [-0.25, -0.2) is 13.0 Å². The Labute approximate surface area is 474 Å². The molecule has 0 aliphatic carbocycles. The number of aliphatic hydroxyl groups is 2. The molecule has 24 heteroatoms. The van der Waals surface area contributed by atoms with Gasteiger partial charge in [0.1, 0.15) is 4.90 Å². The number of aromatic nitrogens is 1. The summed E-state index contributed by atoms with van der Waals surface area (Å²) in [4.78, 5) is 24.9. The molecule has 0 radical (unpaired) electrons. The molecule has 3 fully saturated rings. The van der Waals surface area contributed by atoms with Crippen molar-refractivity contribution in [3.63, 3.8) is 0 Å². The van der Waals surface area contributed by atoms with Gasteiger partial charge in [-0.3, -0.25) is 13.8 Å². The molecule has 0 amide bonds. The lowest BCUT2D eigenvalue weighted by molar-refractivity contribution is -0.0438. The van der Waals surface area contributed by atoms with Crippen LogP contribution in [-0.2, 0) is 28.0 Å². The van der Waals surface area contributed by atoms with E-state index in [1.54, 1.807) is 12.1 Å². The number of rotatable bonds is 19. The van der Waals surface area contributed by atoms with E-state index in [2.05, 4.69) is 44.5 Å². The fraction of sp³-hybridized carbons (Fsp3) is 0.393. The first-order chi connectivity index (χ1) is 38.0. The highest BCUT2D eigenvalue weighted by Crippen LogP contribution is 2.55. The molecule has 9 rings (SSSR count). The number of thioether (sulfide) groups is 1. The minimum absolute atomic E-state index is 0.0104. The van der Waals surface area contributed by atoms with E-state index in [1.165, 1.54) is 28.6 Å². The number of nitrogens with zero attached hydrogens (tertiary/aromatic N) is 5. The van der Waals surface area contributed by atoms with Crippen LogP contribution < -0.4 is 25.1 Å². The Morgan fingerprint density at radius 2 is 1.48 bits per heavy atom. The molecule has 5 N–H and O–H groups in total. The van der Waals surface area contributed by atoms with Crippen molar-refractivity contribution in [1.82, 2.24) is 9.47 Å². The van der Waals surface area contributed by atoms with Gasteiger partial charge in [-0.2, -0.15) is 13.2 Å². The Morgan fingerprint density at radius 1 is 0.825 bits per heavy atom. The molecule has 5 aromatic carbocycles. The lowest BCUT2D eigenvalue weighted by atomic mass is 9.96. The van der Waals surface area contributed by atoms with Crippen LogP contribution in [0.5, 0.6) is 0 Å². The number of likely N-dealkylation sites (tertiary alicyclic amines) is 1. The predicted molar refractivity (Wildman–Crippen MR) is 310 cm³/mol. The fourth-order valence-corrected chi connectivity index (χ4v) is 16.0. The van der Waals surface area contributed by atoms with E-state index < -0.39 is 54.0 Å². The van der Waals surface area contributed by atoms with Crippen LogP contribution >= 0.6 is 38.7 Å². The van der Waals surface area contributed by atoms with Crippen molar-refractivity contribution < 1.29 is 59.8 Å². The molecule has 6 aromatic rings. The summed E-state index contributed by atoms with van der Waals surface area (Å²) in [6.07, 6.45) is -0.797. The van der Waals surface area contributed by atoms with Gasteiger partial charge < -0.3 is 49.1 Å². The van der Waals surface area contributed by atoms with Crippen LogP contribution in [0, 0.1) is 6.92 Å². The molecule has 0 spiro atoms. The summed E-state index contributed by atoms with van der Waals surface area (Å²) in [5.41, 5.74) is 0.846. The topological polar surface area (TPSA) is 198 Å². The number of aliphatic hydroxyl groups excluding tert-OH is 1. The number of benzene rings is 5. The first kappa shape index (κ1) is 59.8. The summed E-state index contributed by atoms with van der Waals surface area (Å²) in [6.45, 7) is 10.2. The van der Waals surface area contributed by atoms with E-state index in [0.29, 0.717) is 93.5 Å². The summed E-state index contributed by atoms with van der Waals surface area (Å²) >= 11 is 7.74. The Morgan fingerprint density at radius 3 is 2.10 bits per heavy atom. The summed E-state index contributed by atoms with van der Waals surface area (Å²) in [6, 6.07) is 35.2. The van der Waals surface area contributed by atoms with E-state index in [4.69, 9.17) is 20.6 Å². The van der Waals surface area contributed by atoms with Gasteiger partial charge >= 0.3 is 20.9 Å². The molecule has 3 aliphatic rings. The van der Waals surface area contributed by atoms with Crippen molar-refractivity contribution in [2.45, 2.75) is 86.2 Å². The molecule has 1 aromatic heterocycles. The molecule has 16 nitrogen and oxygen atoms in total. The van der Waals surface area contributed by atoms with Crippen LogP contribution in [0.2, 0.25) is 5.02 Å². The number of alkyl halides is 3. The maximum Gasteiger partial charge on any atom is 0.501 e. The number of phosphoric acid groups is 1. The van der Waals surface area contributed by atoms with Gasteiger partial charge in [0.25, 0.3) is 9.84 Å². The third-order valence-corrected chi connectivity index (χ3v) is 20.9. The van der Waals surface area contributed by atoms with Gasteiger partial charge in [0.15, 0.2) is 6.29 Å². The second-order valence-corrected chi connectivity index (χ2v) is 27.4. The third kappa shape index (κ3) is 13.5. The summed E-state index contributed by atoms with van der Waals surface area (Å²) < 4.78 is 112. The van der Waals surface area contributed by atoms with Crippen LogP contribution in [0.1, 0.15) is 63.1 Å². The SMILES string of the molecule is Cc1c(C(O)O)c(-c2cccc(N3CCN(c4ccc(N5CCCO[P@@]5(=O)c5ccc(N[C@H](CCN6CCC(OP(=O)(O)O)CC6)CSc6ccccc6)c(S(=O)(=O)C(F)(F)F)c5)cc4)CC3)c2)c(-c2ccc(Cl)cc2)n1C(C)C. The Kier molecular flexibility index (Phi) is 18.6. The molecule has 2 atom stereocenters. The number of phosphoric ester groups is 1. The smallest absolute Gasteiger partial charge is 0.380 e. The molecule has 430 valence electrons. The molecule has 0 saturated carbocycles. The van der Waals surface area contributed by atoms with Gasteiger partial charge in [-0.15, -0.1) is 11.8 Å². The number of hydrogen-bond acceptors (Lipinski definition) is 13. The van der Waals surface area contributed by atoms with E-state index in [9.17, 15) is 46.2 Å². The molecule has 0 bridgehead atoms. The minimum Gasteiger partial charge on any atom is -0.380 e. The van der Waals surface area contributed by atoms with Crippen molar-refractivity contribution in [1.29, 1.82) is 0 Å². The average molecular weight is 1200 g/mol. The first-order valence-electron chi connectivity index (χ1n) is 26.5. The zero-order valence-electron chi connectivity index (χ0n) is 44.5. The number of piperidine rings is 1. The maximum atomic E-state index is 15.2. The van der Waals surface area contributed by atoms with Crippen LogP contribution in [-0.4, -0.2) is 120 Å². The summed E-state index contributed by atoms with van der Waals surface area (Å²) in [5.74, 6) is 0.338. The molecular formula is C56H66ClF3N6O10P2S2. The number of hydrogen-bond donors (Lipinski definition) is 5. The van der Waals surface area contributed by atoms with Crippen LogP contribution in [0.15, 0.2) is 131 Å². The lowest BCUT2D eigenvalue weighted by Gasteiger charge is -2.39. The second-order valence-electron chi connectivity index (χ2n) is 20.5. The van der Waals surface area contributed by atoms with Gasteiger partial charge in [-0.1, -0.05) is 54.1 Å². The van der Waals surface area contributed by atoms with Crippen LogP contribution in [0.4, 0.5) is 35.9 Å². The van der Waals surface area contributed by atoms with E-state index in [0.717, 1.165) is 50.4 Å². The van der Waals surface area contributed by atoms with Crippen molar-refractivity contribution in [2.75, 3.05) is 84.5 Å². The molecule has 3 saturated heterocycles. The highest BCUT2D eigenvalue weighted by atomic mass is 35.5. The van der Waals surface area contributed by atoms with Crippen LogP contribution in [0.3, 0.4) is 0 Å². The standard InChI is InChI=1S/C56H66ClF3N6O10P2S2/c1-38(2)66-39(3)52(55(67)68)53(54(66)40-13-15-42(57)16-14-40)41-9-7-10-46(35-41)64-32-30-63(31-33-64)44-17-19-45(20-18-44)65-26-8-34-75-77(65,69)48-21-22-50(51(36-48)80(73,74)56(58,59)60)61-43(37-79-49-11-5-4-6-12-49)23-27-62-28-24-47(25-29-62)76-78(70,71)72/h4-7,9-22,35-36,38,43,47,55,61,67-68H,8,23-34,37H2,1-3H3,(H2,70,71,72)/t43-,77+/m1/s1. The van der Waals surface area contributed by atoms with Crippen molar-refractivity contribution in [2.24, 2.45) is 0 Å². The fourth-order valence-electron chi connectivity index (χ4n) is 10.9. The molecule has 80 heavy (non-hydrogen) atoms. The first-order valence-corrected chi connectivity index (χ1v) is 32.4. The number of piperazine rings is 1. The monoisotopic (exact) mass is 1200 g/mol. The Balaban J connectivity index is 0.924. The highest BCUT2D eigenvalue weighted by Gasteiger charge is 2.49. The lowest BCUT2D eigenvalue weighted by Crippen LogP contribution is -2.46. The Hall–Kier alpha value is -4.86. The van der Waals surface area contributed by atoms with Crippen molar-refractivity contribution in [3.8, 4) is 22.4 Å². The van der Waals surface area contributed by atoms with Gasteiger partial charge in [0.2, 0.25) is 0 Å². The van der Waals surface area contributed by atoms with E-state index in [1.807, 2.05) is 91.9 Å². The number of sulfone groups is 1. The predicted octanol–water partition coefficient (Wildman–Crippen LogP) is 11.3. The molecule has 3 aliphatic heterocycles.